The lowest BCUT2D eigenvalue weighted by molar-refractivity contribution is -0.305. The van der Waals surface area contributed by atoms with Gasteiger partial charge >= 0.3 is 0 Å². The topological polar surface area (TPSA) is 85.7 Å². The minimum Gasteiger partial charge on any atom is -0.548 e. The van der Waals surface area contributed by atoms with Crippen molar-refractivity contribution in [3.8, 4) is 0 Å². The van der Waals surface area contributed by atoms with Crippen molar-refractivity contribution in [2.24, 2.45) is 0 Å². The van der Waals surface area contributed by atoms with Crippen LogP contribution in [0.4, 0.5) is 5.69 Å². The van der Waals surface area contributed by atoms with Crippen molar-refractivity contribution in [2.45, 2.75) is 25.3 Å². The maximum atomic E-state index is 13.0. The van der Waals surface area contributed by atoms with Gasteiger partial charge in [-0.25, -0.2) is 0 Å². The van der Waals surface area contributed by atoms with E-state index in [2.05, 4.69) is 24.0 Å². The molecule has 4 rings (SSSR count). The summed E-state index contributed by atoms with van der Waals surface area (Å²) in [7, 11) is 0. The molecule has 2 aromatic rings. The fraction of sp³-hybridized carbons (Fsp3) is 0.238. The second-order valence-corrected chi connectivity index (χ2v) is 10.5. The molecular formula is C21H18N3O4S4-. The third kappa shape index (κ3) is 4.05. The van der Waals surface area contributed by atoms with Crippen LogP contribution in [0.3, 0.4) is 0 Å². The van der Waals surface area contributed by atoms with E-state index in [1.165, 1.54) is 15.9 Å². The van der Waals surface area contributed by atoms with E-state index in [0.29, 0.717) is 15.7 Å². The van der Waals surface area contributed by atoms with Gasteiger partial charge in [0.25, 0.3) is 11.5 Å². The molecule has 0 spiro atoms. The largest absolute Gasteiger partial charge is 0.548 e. The first-order chi connectivity index (χ1) is 15.3. The van der Waals surface area contributed by atoms with Crippen LogP contribution >= 0.6 is 47.1 Å². The highest BCUT2D eigenvalue weighted by atomic mass is 32.2. The van der Waals surface area contributed by atoms with Gasteiger partial charge in [-0.3, -0.25) is 19.1 Å². The van der Waals surface area contributed by atoms with E-state index < -0.39 is 18.4 Å². The summed E-state index contributed by atoms with van der Waals surface area (Å²) in [6, 6.07) is 8.14. The second-order valence-electron chi connectivity index (χ2n) is 6.77. The Bertz CT molecular complexity index is 1340. The van der Waals surface area contributed by atoms with Gasteiger partial charge in [-0.2, -0.15) is 0 Å². The summed E-state index contributed by atoms with van der Waals surface area (Å²) >= 11 is 9.03. The van der Waals surface area contributed by atoms with Gasteiger partial charge in [0.15, 0.2) is 0 Å². The Labute approximate surface area is 201 Å². The van der Waals surface area contributed by atoms with Crippen LogP contribution in [0.2, 0.25) is 0 Å². The zero-order chi connectivity index (χ0) is 23.0. The SMILES string of the molecule is CCN1C(=C/C=c2\sc(=C3SC(=S)N(CC(=O)[O-])C3=O)n(CC)c2=O)Sc2ccccc21. The highest BCUT2D eigenvalue weighted by molar-refractivity contribution is 8.30. The van der Waals surface area contributed by atoms with Crippen LogP contribution in [0.1, 0.15) is 13.8 Å². The summed E-state index contributed by atoms with van der Waals surface area (Å²) in [6.07, 6.45) is 3.70. The molecule has 0 atom stereocenters. The number of hydrogen-bond donors (Lipinski definition) is 0. The standard InChI is InChI=1S/C21H19N3O4S4/c1-3-22-12-7-5-6-8-13(12)30-15(22)10-9-14-18(27)23(4-2)20(31-14)17-19(28)24(11-16(25)26)21(29)32-17/h5-10H,3-4,11H2,1-2H3,(H,25,26)/p-1/b14-9-,15-10?,20-17?. The molecule has 0 unspecified atom stereocenters. The van der Waals surface area contributed by atoms with E-state index in [0.717, 1.165) is 38.8 Å². The average molecular weight is 505 g/mol. The van der Waals surface area contributed by atoms with Gasteiger partial charge in [0.05, 0.1) is 27.8 Å². The Kier molecular flexibility index (Phi) is 6.61. The minimum atomic E-state index is -1.39. The maximum Gasteiger partial charge on any atom is 0.269 e. The van der Waals surface area contributed by atoms with E-state index in [1.807, 2.05) is 25.1 Å². The lowest BCUT2D eigenvalue weighted by Gasteiger charge is -2.17. The van der Waals surface area contributed by atoms with E-state index in [1.54, 1.807) is 17.8 Å². The van der Waals surface area contributed by atoms with Crippen LogP contribution in [0, 0.1) is 0 Å². The van der Waals surface area contributed by atoms with Gasteiger partial charge in [0.1, 0.15) is 13.9 Å². The number of allylic oxidation sites excluding steroid dienone is 1. The average Bonchev–Trinajstić information content (AvgIpc) is 3.38. The molecule has 3 heterocycles. The number of aliphatic carboxylic acids is 1. The number of thioether (sulfide) groups is 2. The van der Waals surface area contributed by atoms with E-state index in [9.17, 15) is 19.5 Å². The number of nitrogens with zero attached hydrogens (tertiary/aromatic N) is 3. The summed E-state index contributed by atoms with van der Waals surface area (Å²) < 4.78 is 2.64. The van der Waals surface area contributed by atoms with Gasteiger partial charge in [0, 0.05) is 18.0 Å². The molecule has 0 aliphatic carbocycles. The number of aromatic nitrogens is 1. The molecule has 11 heteroatoms. The van der Waals surface area contributed by atoms with Crippen molar-refractivity contribution in [3.63, 3.8) is 0 Å². The van der Waals surface area contributed by atoms with Crippen LogP contribution in [0.5, 0.6) is 0 Å². The summed E-state index contributed by atoms with van der Waals surface area (Å²) in [4.78, 5) is 41.3. The molecular weight excluding hydrogens is 487 g/mol. The normalized spacial score (nSPS) is 19.4. The molecule has 0 radical (unpaired) electrons. The lowest BCUT2D eigenvalue weighted by Crippen LogP contribution is -2.40. The van der Waals surface area contributed by atoms with Gasteiger partial charge in [-0.1, -0.05) is 47.9 Å². The molecule has 32 heavy (non-hydrogen) atoms. The zero-order valence-electron chi connectivity index (χ0n) is 17.2. The Morgan fingerprint density at radius 1 is 1.09 bits per heavy atom. The zero-order valence-corrected chi connectivity index (χ0v) is 20.5. The molecule has 1 aromatic carbocycles. The molecule has 1 amide bonds. The van der Waals surface area contributed by atoms with Crippen LogP contribution in [0.15, 0.2) is 45.1 Å². The highest BCUT2D eigenvalue weighted by Crippen LogP contribution is 2.45. The number of thiazole rings is 1. The van der Waals surface area contributed by atoms with Gasteiger partial charge in [-0.05, 0) is 38.1 Å². The van der Waals surface area contributed by atoms with E-state index in [-0.39, 0.29) is 14.8 Å². The van der Waals surface area contributed by atoms with Gasteiger partial charge in [0.2, 0.25) is 0 Å². The molecule has 1 fully saturated rings. The number of anilines is 1. The minimum absolute atomic E-state index is 0.143. The highest BCUT2D eigenvalue weighted by Gasteiger charge is 2.34. The first-order valence-corrected chi connectivity index (χ1v) is 12.6. The number of para-hydroxylation sites is 1. The number of rotatable bonds is 5. The summed E-state index contributed by atoms with van der Waals surface area (Å²) in [6.45, 7) is 4.47. The lowest BCUT2D eigenvalue weighted by atomic mass is 10.3. The molecule has 0 bridgehead atoms. The van der Waals surface area contributed by atoms with Crippen molar-refractivity contribution in [3.05, 3.63) is 54.9 Å². The van der Waals surface area contributed by atoms with Crippen molar-refractivity contribution in [1.82, 2.24) is 9.47 Å². The van der Waals surface area contributed by atoms with Crippen LogP contribution in [0.25, 0.3) is 11.0 Å². The van der Waals surface area contributed by atoms with E-state index in [4.69, 9.17) is 12.2 Å². The smallest absolute Gasteiger partial charge is 0.269 e. The molecule has 1 aromatic heterocycles. The fourth-order valence-electron chi connectivity index (χ4n) is 3.43. The third-order valence-corrected chi connectivity index (χ3v) is 8.73. The number of fused-ring (bicyclic) bond motifs is 1. The molecule has 2 aliphatic rings. The molecule has 0 N–H and O–H groups in total. The van der Waals surface area contributed by atoms with Gasteiger partial charge < -0.3 is 14.8 Å². The number of amides is 1. The van der Waals surface area contributed by atoms with Crippen LogP contribution in [-0.4, -0.2) is 38.8 Å². The Morgan fingerprint density at radius 2 is 1.84 bits per heavy atom. The summed E-state index contributed by atoms with van der Waals surface area (Å²) in [5, 5.41) is 12.0. The number of hydrogen-bond acceptors (Lipinski definition) is 9. The number of carbonyl (C=O) groups excluding carboxylic acids is 2. The molecule has 2 aliphatic heterocycles. The van der Waals surface area contributed by atoms with Gasteiger partial charge in [-0.15, -0.1) is 11.3 Å². The second kappa shape index (κ2) is 9.26. The van der Waals surface area contributed by atoms with Crippen molar-refractivity contribution < 1.29 is 14.7 Å². The quantitative estimate of drug-likeness (QED) is 0.556. The Hall–Kier alpha value is -2.34. The number of carbonyl (C=O) groups is 2. The monoisotopic (exact) mass is 504 g/mol. The van der Waals surface area contributed by atoms with Crippen LogP contribution < -0.4 is 24.8 Å². The predicted octanol–water partition coefficient (Wildman–Crippen LogP) is 0.902. The Morgan fingerprint density at radius 3 is 2.53 bits per heavy atom. The number of benzene rings is 1. The summed E-state index contributed by atoms with van der Waals surface area (Å²) in [5.41, 5.74) is 0.945. The number of carboxylic acid groups (broad SMARTS) is 1. The predicted molar refractivity (Wildman–Crippen MR) is 132 cm³/mol. The molecule has 1 saturated heterocycles. The third-order valence-electron chi connectivity index (χ3n) is 4.88. The first-order valence-electron chi connectivity index (χ1n) is 9.79. The van der Waals surface area contributed by atoms with E-state index >= 15 is 0 Å². The first kappa shape index (κ1) is 22.8. The fourth-order valence-corrected chi connectivity index (χ4v) is 7.08. The number of carboxylic acids is 1. The number of thiocarbonyl (C=S) groups is 1. The van der Waals surface area contributed by atoms with Crippen LogP contribution in [-0.2, 0) is 16.1 Å². The summed E-state index contributed by atoms with van der Waals surface area (Å²) in [5.74, 6) is -1.91. The maximum absolute atomic E-state index is 13.0. The van der Waals surface area contributed by atoms with Crippen molar-refractivity contribution >= 4 is 79.9 Å². The van der Waals surface area contributed by atoms with Crippen molar-refractivity contribution in [2.75, 3.05) is 18.0 Å². The Balaban J connectivity index is 1.78. The van der Waals surface area contributed by atoms with Crippen molar-refractivity contribution in [1.29, 1.82) is 0 Å². The molecule has 166 valence electrons. The molecule has 7 nitrogen and oxygen atoms in total. The molecule has 0 saturated carbocycles.